The fourth-order valence-corrected chi connectivity index (χ4v) is 2.20. The number of rotatable bonds is 0. The van der Waals surface area contributed by atoms with E-state index in [0.29, 0.717) is 0 Å². The smallest absolute Gasteiger partial charge is 0.0172 e. The first-order valence-electron chi connectivity index (χ1n) is 4.81. The zero-order chi connectivity index (χ0) is 7.68. The van der Waals surface area contributed by atoms with Crippen molar-refractivity contribution < 1.29 is 0 Å². The van der Waals surface area contributed by atoms with Gasteiger partial charge in [0, 0.05) is 12.2 Å². The van der Waals surface area contributed by atoms with E-state index in [4.69, 9.17) is 0 Å². The van der Waals surface area contributed by atoms with Crippen molar-refractivity contribution in [3.05, 3.63) is 11.3 Å². The topological polar surface area (TPSA) is 12.0 Å². The molecule has 1 aliphatic heterocycles. The van der Waals surface area contributed by atoms with Crippen LogP contribution in [0.15, 0.2) is 11.3 Å². The summed E-state index contributed by atoms with van der Waals surface area (Å²) in [5.74, 6) is 0.867. The Morgan fingerprint density at radius 2 is 2.09 bits per heavy atom. The monoisotopic (exact) mass is 151 g/mol. The van der Waals surface area contributed by atoms with Gasteiger partial charge in [-0.2, -0.15) is 0 Å². The van der Waals surface area contributed by atoms with E-state index in [9.17, 15) is 0 Å². The molecular weight excluding hydrogens is 134 g/mol. The Kier molecular flexibility index (Phi) is 1.89. The molecule has 1 aliphatic carbocycles. The minimum Gasteiger partial charge on any atom is -0.388 e. The standard InChI is InChI=1S/C10H17N/c1-8-6-9-4-2-3-5-10(9)11-7-8/h8,11H,2-7H2,1H3. The summed E-state index contributed by atoms with van der Waals surface area (Å²) < 4.78 is 0. The van der Waals surface area contributed by atoms with Crippen LogP contribution < -0.4 is 5.32 Å². The van der Waals surface area contributed by atoms with Crippen molar-refractivity contribution in [2.24, 2.45) is 5.92 Å². The minimum absolute atomic E-state index is 0.867. The lowest BCUT2D eigenvalue weighted by molar-refractivity contribution is 0.454. The molecule has 1 nitrogen and oxygen atoms in total. The van der Waals surface area contributed by atoms with Crippen molar-refractivity contribution in [3.63, 3.8) is 0 Å². The highest BCUT2D eigenvalue weighted by Crippen LogP contribution is 2.30. The van der Waals surface area contributed by atoms with Crippen LogP contribution in [0.3, 0.4) is 0 Å². The molecule has 1 heteroatoms. The van der Waals surface area contributed by atoms with E-state index < -0.39 is 0 Å². The first-order valence-corrected chi connectivity index (χ1v) is 4.81. The molecule has 1 heterocycles. The molecule has 1 unspecified atom stereocenters. The Bertz CT molecular complexity index is 181. The van der Waals surface area contributed by atoms with Gasteiger partial charge in [0.1, 0.15) is 0 Å². The highest BCUT2D eigenvalue weighted by atomic mass is 14.9. The second-order valence-electron chi connectivity index (χ2n) is 3.98. The van der Waals surface area contributed by atoms with Gasteiger partial charge in [0.2, 0.25) is 0 Å². The number of allylic oxidation sites excluding steroid dienone is 2. The van der Waals surface area contributed by atoms with Crippen molar-refractivity contribution in [3.8, 4) is 0 Å². The molecule has 0 fully saturated rings. The van der Waals surface area contributed by atoms with Crippen LogP contribution in [0.4, 0.5) is 0 Å². The quantitative estimate of drug-likeness (QED) is 0.560. The van der Waals surface area contributed by atoms with E-state index in [1.54, 1.807) is 11.3 Å². The Balaban J connectivity index is 2.12. The maximum atomic E-state index is 3.55. The molecule has 0 saturated carbocycles. The van der Waals surface area contributed by atoms with E-state index in [2.05, 4.69) is 12.2 Å². The average Bonchev–Trinajstić information content (AvgIpc) is 2.04. The normalized spacial score (nSPS) is 31.2. The van der Waals surface area contributed by atoms with Gasteiger partial charge in [-0.25, -0.2) is 0 Å². The second kappa shape index (κ2) is 2.88. The first-order chi connectivity index (χ1) is 5.36. The highest BCUT2D eigenvalue weighted by Gasteiger charge is 2.19. The van der Waals surface area contributed by atoms with Gasteiger partial charge in [0.05, 0.1) is 0 Å². The fraction of sp³-hybridized carbons (Fsp3) is 0.800. The SMILES string of the molecule is CC1CNC2=C(CCCC2)C1. The Morgan fingerprint density at radius 1 is 1.27 bits per heavy atom. The Hall–Kier alpha value is -0.460. The van der Waals surface area contributed by atoms with Crippen LogP contribution in [0.25, 0.3) is 0 Å². The van der Waals surface area contributed by atoms with E-state index in [1.165, 1.54) is 38.6 Å². The number of hydrogen-bond donors (Lipinski definition) is 1. The summed E-state index contributed by atoms with van der Waals surface area (Å²) in [6.45, 7) is 3.55. The summed E-state index contributed by atoms with van der Waals surface area (Å²) in [5, 5.41) is 3.55. The summed E-state index contributed by atoms with van der Waals surface area (Å²) in [6.07, 6.45) is 6.88. The van der Waals surface area contributed by atoms with Crippen LogP contribution in [-0.4, -0.2) is 6.54 Å². The fourth-order valence-electron chi connectivity index (χ4n) is 2.20. The van der Waals surface area contributed by atoms with Crippen LogP contribution in [0.2, 0.25) is 0 Å². The predicted octanol–water partition coefficient (Wildman–Crippen LogP) is 2.44. The number of nitrogens with one attached hydrogen (secondary N) is 1. The zero-order valence-electron chi connectivity index (χ0n) is 7.32. The van der Waals surface area contributed by atoms with Gasteiger partial charge in [0.15, 0.2) is 0 Å². The molecule has 0 aromatic heterocycles. The highest BCUT2D eigenvalue weighted by molar-refractivity contribution is 5.18. The molecule has 62 valence electrons. The molecular formula is C10H17N. The van der Waals surface area contributed by atoms with Crippen molar-refractivity contribution in [2.45, 2.75) is 39.0 Å². The maximum absolute atomic E-state index is 3.55. The number of hydrogen-bond acceptors (Lipinski definition) is 1. The molecule has 11 heavy (non-hydrogen) atoms. The molecule has 0 bridgehead atoms. The van der Waals surface area contributed by atoms with Gasteiger partial charge < -0.3 is 5.32 Å². The lowest BCUT2D eigenvalue weighted by atomic mass is 9.87. The van der Waals surface area contributed by atoms with Crippen LogP contribution in [0.5, 0.6) is 0 Å². The minimum atomic E-state index is 0.867. The maximum Gasteiger partial charge on any atom is 0.0172 e. The zero-order valence-corrected chi connectivity index (χ0v) is 7.32. The van der Waals surface area contributed by atoms with E-state index >= 15 is 0 Å². The predicted molar refractivity (Wildman–Crippen MR) is 47.3 cm³/mol. The van der Waals surface area contributed by atoms with Gasteiger partial charge >= 0.3 is 0 Å². The van der Waals surface area contributed by atoms with Crippen molar-refractivity contribution in [2.75, 3.05) is 6.54 Å². The second-order valence-corrected chi connectivity index (χ2v) is 3.98. The van der Waals surface area contributed by atoms with Crippen LogP contribution in [0.1, 0.15) is 39.0 Å². The third-order valence-electron chi connectivity index (χ3n) is 2.84. The lowest BCUT2D eigenvalue weighted by Crippen LogP contribution is -2.29. The largest absolute Gasteiger partial charge is 0.388 e. The summed E-state index contributed by atoms with van der Waals surface area (Å²) >= 11 is 0. The molecule has 0 aromatic rings. The van der Waals surface area contributed by atoms with Gasteiger partial charge in [-0.15, -0.1) is 0 Å². The third-order valence-corrected chi connectivity index (χ3v) is 2.84. The van der Waals surface area contributed by atoms with Crippen LogP contribution >= 0.6 is 0 Å². The van der Waals surface area contributed by atoms with Gasteiger partial charge in [0.25, 0.3) is 0 Å². The summed E-state index contributed by atoms with van der Waals surface area (Å²) in [4.78, 5) is 0. The third kappa shape index (κ3) is 1.42. The molecule has 0 spiro atoms. The average molecular weight is 151 g/mol. The molecule has 2 rings (SSSR count). The Morgan fingerprint density at radius 3 is 3.00 bits per heavy atom. The van der Waals surface area contributed by atoms with E-state index in [0.717, 1.165) is 5.92 Å². The lowest BCUT2D eigenvalue weighted by Gasteiger charge is -2.29. The molecule has 1 atom stereocenters. The van der Waals surface area contributed by atoms with Gasteiger partial charge in [-0.05, 0) is 38.0 Å². The van der Waals surface area contributed by atoms with Crippen molar-refractivity contribution in [1.82, 2.24) is 5.32 Å². The summed E-state index contributed by atoms with van der Waals surface area (Å²) in [6, 6.07) is 0. The molecule has 1 N–H and O–H groups in total. The molecule has 0 amide bonds. The Labute approximate surface area is 68.9 Å². The van der Waals surface area contributed by atoms with Crippen LogP contribution in [-0.2, 0) is 0 Å². The first kappa shape index (κ1) is 7.20. The molecule has 0 radical (unpaired) electrons. The van der Waals surface area contributed by atoms with E-state index in [-0.39, 0.29) is 0 Å². The summed E-state index contributed by atoms with van der Waals surface area (Å²) in [5.41, 5.74) is 3.32. The molecule has 2 aliphatic rings. The van der Waals surface area contributed by atoms with Gasteiger partial charge in [-0.3, -0.25) is 0 Å². The van der Waals surface area contributed by atoms with E-state index in [1.807, 2.05) is 0 Å². The van der Waals surface area contributed by atoms with Gasteiger partial charge in [-0.1, -0.05) is 12.5 Å². The van der Waals surface area contributed by atoms with Crippen LogP contribution in [0, 0.1) is 5.92 Å². The van der Waals surface area contributed by atoms with Crippen molar-refractivity contribution in [1.29, 1.82) is 0 Å². The summed E-state index contributed by atoms with van der Waals surface area (Å²) in [7, 11) is 0. The molecule has 0 aromatic carbocycles. The van der Waals surface area contributed by atoms with Crippen molar-refractivity contribution >= 4 is 0 Å². The molecule has 0 saturated heterocycles.